The number of ether oxygens (including phenoxy) is 3. The number of nitrogens with one attached hydrogen (secondary N) is 1. The number of carbonyl (C=O) groups is 4. The van der Waals surface area contributed by atoms with Crippen molar-refractivity contribution in [3.8, 4) is 0 Å². The van der Waals surface area contributed by atoms with Gasteiger partial charge < -0.3 is 14.2 Å². The second-order valence-electron chi connectivity index (χ2n) is 6.46. The van der Waals surface area contributed by atoms with Crippen LogP contribution in [0.3, 0.4) is 0 Å². The summed E-state index contributed by atoms with van der Waals surface area (Å²) in [6.45, 7) is 0. The lowest BCUT2D eigenvalue weighted by Crippen LogP contribution is -2.55. The maximum absolute atomic E-state index is 12.7. The van der Waals surface area contributed by atoms with Gasteiger partial charge in [0.2, 0.25) is 0 Å². The highest BCUT2D eigenvalue weighted by Gasteiger charge is 2.68. The van der Waals surface area contributed by atoms with Crippen LogP contribution in [-0.2, 0) is 33.4 Å². The molecule has 4 atom stereocenters. The number of rotatable bonds is 5. The Morgan fingerprint density at radius 2 is 1.81 bits per heavy atom. The van der Waals surface area contributed by atoms with Gasteiger partial charge in [-0.1, -0.05) is 23.7 Å². The summed E-state index contributed by atoms with van der Waals surface area (Å²) in [5.41, 5.74) is -0.925. The van der Waals surface area contributed by atoms with Gasteiger partial charge in [0.05, 0.1) is 20.1 Å². The fourth-order valence-electron chi connectivity index (χ4n) is 3.87. The van der Waals surface area contributed by atoms with Gasteiger partial charge in [0, 0.05) is 17.5 Å². The van der Waals surface area contributed by atoms with E-state index in [0.717, 1.165) is 0 Å². The average molecular weight is 396 g/mol. The number of hydrogen-bond donors (Lipinski definition) is 1. The molecule has 2 fully saturated rings. The van der Waals surface area contributed by atoms with Crippen LogP contribution in [0.4, 0.5) is 0 Å². The summed E-state index contributed by atoms with van der Waals surface area (Å²) in [6, 6.07) is 5.99. The van der Waals surface area contributed by atoms with Crippen molar-refractivity contribution in [1.82, 2.24) is 5.32 Å². The third-order valence-corrected chi connectivity index (χ3v) is 5.37. The first-order valence-electron chi connectivity index (χ1n) is 8.28. The fourth-order valence-corrected chi connectivity index (χ4v) is 3.99. The molecule has 9 heteroatoms. The van der Waals surface area contributed by atoms with Gasteiger partial charge in [-0.15, -0.1) is 0 Å². The second-order valence-corrected chi connectivity index (χ2v) is 6.89. The first kappa shape index (κ1) is 19.3. The van der Waals surface area contributed by atoms with Crippen LogP contribution in [0.2, 0.25) is 5.02 Å². The average Bonchev–Trinajstić information content (AvgIpc) is 3.17. The second kappa shape index (κ2) is 7.28. The normalized spacial score (nSPS) is 29.2. The van der Waals surface area contributed by atoms with Gasteiger partial charge in [-0.25, -0.2) is 0 Å². The maximum Gasteiger partial charge on any atom is 0.327 e. The Hall–Kier alpha value is -2.45. The summed E-state index contributed by atoms with van der Waals surface area (Å²) < 4.78 is 14.4. The molecule has 1 aromatic rings. The van der Waals surface area contributed by atoms with E-state index in [9.17, 15) is 19.2 Å². The zero-order chi connectivity index (χ0) is 19.8. The lowest BCUT2D eigenvalue weighted by Gasteiger charge is -2.30. The monoisotopic (exact) mass is 395 g/mol. The van der Waals surface area contributed by atoms with E-state index in [1.165, 1.54) is 14.2 Å². The number of fused-ring (bicyclic) bond motifs is 1. The molecule has 144 valence electrons. The Kier molecular flexibility index (Phi) is 5.21. The van der Waals surface area contributed by atoms with Crippen molar-refractivity contribution in [1.29, 1.82) is 0 Å². The zero-order valence-corrected chi connectivity index (χ0v) is 15.4. The van der Waals surface area contributed by atoms with Crippen LogP contribution in [0.1, 0.15) is 24.4 Å². The molecule has 0 amide bonds. The zero-order valence-electron chi connectivity index (χ0n) is 14.7. The number of esters is 4. The summed E-state index contributed by atoms with van der Waals surface area (Å²) in [7, 11) is 2.40. The van der Waals surface area contributed by atoms with Gasteiger partial charge in [0.1, 0.15) is 11.5 Å². The first-order valence-corrected chi connectivity index (χ1v) is 8.65. The van der Waals surface area contributed by atoms with E-state index in [0.29, 0.717) is 10.6 Å². The molecule has 1 N–H and O–H groups in total. The summed E-state index contributed by atoms with van der Waals surface area (Å²) in [5.74, 6) is -4.86. The van der Waals surface area contributed by atoms with Gasteiger partial charge in [-0.05, 0) is 24.1 Å². The summed E-state index contributed by atoms with van der Waals surface area (Å²) in [4.78, 5) is 49.1. The van der Waals surface area contributed by atoms with Crippen molar-refractivity contribution < 1.29 is 33.4 Å². The quantitative estimate of drug-likeness (QED) is 0.449. The lowest BCUT2D eigenvalue weighted by atomic mass is 9.77. The molecule has 8 nitrogen and oxygen atoms in total. The molecule has 0 saturated carbocycles. The Morgan fingerprint density at radius 3 is 2.41 bits per heavy atom. The van der Waals surface area contributed by atoms with Gasteiger partial charge in [-0.3, -0.25) is 24.5 Å². The van der Waals surface area contributed by atoms with Crippen molar-refractivity contribution in [3.63, 3.8) is 0 Å². The van der Waals surface area contributed by atoms with Crippen LogP contribution in [0, 0.1) is 11.8 Å². The molecule has 2 aliphatic heterocycles. The van der Waals surface area contributed by atoms with E-state index < -0.39 is 47.3 Å². The van der Waals surface area contributed by atoms with Crippen molar-refractivity contribution >= 4 is 35.5 Å². The largest absolute Gasteiger partial charge is 0.469 e. The van der Waals surface area contributed by atoms with Gasteiger partial charge >= 0.3 is 23.9 Å². The molecule has 0 spiro atoms. The molecule has 27 heavy (non-hydrogen) atoms. The maximum atomic E-state index is 12.7. The molecule has 2 aliphatic rings. The van der Waals surface area contributed by atoms with Crippen LogP contribution in [0.5, 0.6) is 0 Å². The van der Waals surface area contributed by atoms with Crippen LogP contribution in [0.25, 0.3) is 0 Å². The predicted octanol–water partition coefficient (Wildman–Crippen LogP) is 1.17. The number of cyclic esters (lactones) is 2. The molecular formula is C18H18ClNO7. The third kappa shape index (κ3) is 3.19. The fraction of sp³-hybridized carbons (Fsp3) is 0.444. The topological polar surface area (TPSA) is 108 Å². The number of halogens is 1. The standard InChI is InChI=1S/C18H18ClNO7/c1-25-11(21)7-8-18(17(24)26-2)13-12(15(22)27-16(13)23)14(20-18)9-3-5-10(19)6-4-9/h3-6,12-14,20H,7-8H2,1-2H3/t12-,13-,14-,18-/m0/s1. The third-order valence-electron chi connectivity index (χ3n) is 5.12. The van der Waals surface area contributed by atoms with E-state index in [4.69, 9.17) is 21.1 Å². The van der Waals surface area contributed by atoms with E-state index >= 15 is 0 Å². The van der Waals surface area contributed by atoms with Gasteiger partial charge in [0.15, 0.2) is 0 Å². The highest BCUT2D eigenvalue weighted by molar-refractivity contribution is 6.30. The lowest BCUT2D eigenvalue weighted by molar-refractivity contribution is -0.161. The molecule has 2 heterocycles. The molecule has 0 radical (unpaired) electrons. The van der Waals surface area contributed by atoms with E-state index in [1.54, 1.807) is 24.3 Å². The number of hydrogen-bond acceptors (Lipinski definition) is 8. The van der Waals surface area contributed by atoms with Crippen LogP contribution >= 0.6 is 11.6 Å². The summed E-state index contributed by atoms with van der Waals surface area (Å²) in [5, 5.41) is 3.59. The molecule has 0 aliphatic carbocycles. The SMILES string of the molecule is COC(=O)CC[C@]1(C(=O)OC)N[C@@H](c2ccc(Cl)cc2)[C@H]2C(=O)OC(=O)[C@H]21. The van der Waals surface area contributed by atoms with Crippen molar-refractivity contribution in [2.45, 2.75) is 24.4 Å². The molecule has 2 saturated heterocycles. The van der Waals surface area contributed by atoms with E-state index in [-0.39, 0.29) is 12.8 Å². The van der Waals surface area contributed by atoms with Crippen LogP contribution < -0.4 is 5.32 Å². The smallest absolute Gasteiger partial charge is 0.327 e. The van der Waals surface area contributed by atoms with Crippen LogP contribution in [-0.4, -0.2) is 43.6 Å². The van der Waals surface area contributed by atoms with Crippen LogP contribution in [0.15, 0.2) is 24.3 Å². The molecule has 0 unspecified atom stereocenters. The Labute approximate surface area is 160 Å². The molecule has 0 aromatic heterocycles. The minimum Gasteiger partial charge on any atom is -0.469 e. The van der Waals surface area contributed by atoms with Gasteiger partial charge in [0.25, 0.3) is 0 Å². The first-order chi connectivity index (χ1) is 12.8. The summed E-state index contributed by atoms with van der Waals surface area (Å²) >= 11 is 5.92. The highest BCUT2D eigenvalue weighted by atomic mass is 35.5. The van der Waals surface area contributed by atoms with E-state index in [2.05, 4.69) is 10.1 Å². The molecule has 3 rings (SSSR count). The number of benzene rings is 1. The number of carbonyl (C=O) groups excluding carboxylic acids is 4. The Morgan fingerprint density at radius 1 is 1.15 bits per heavy atom. The minimum atomic E-state index is -1.58. The van der Waals surface area contributed by atoms with Crippen molar-refractivity contribution in [3.05, 3.63) is 34.9 Å². The van der Waals surface area contributed by atoms with Crippen molar-refractivity contribution in [2.24, 2.45) is 11.8 Å². The van der Waals surface area contributed by atoms with E-state index in [1.807, 2.05) is 0 Å². The summed E-state index contributed by atoms with van der Waals surface area (Å²) in [6.07, 6.45) is -0.226. The Bertz CT molecular complexity index is 793. The predicted molar refractivity (Wildman–Crippen MR) is 91.4 cm³/mol. The number of methoxy groups -OCH3 is 2. The molecule has 1 aromatic carbocycles. The van der Waals surface area contributed by atoms with Crippen molar-refractivity contribution in [2.75, 3.05) is 14.2 Å². The molecular weight excluding hydrogens is 378 g/mol. The Balaban J connectivity index is 2.05. The van der Waals surface area contributed by atoms with Gasteiger partial charge in [-0.2, -0.15) is 0 Å². The molecule has 0 bridgehead atoms. The highest BCUT2D eigenvalue weighted by Crippen LogP contribution is 2.50. The minimum absolute atomic E-state index is 0.0834.